The average molecular weight is 434 g/mol. The molecule has 2 N–H and O–H groups in total. The Morgan fingerprint density at radius 1 is 1.26 bits per heavy atom. The van der Waals surface area contributed by atoms with Crippen LogP contribution in [0.15, 0.2) is 46.1 Å². The number of carbonyl (C=O) groups is 1. The monoisotopic (exact) mass is 434 g/mol. The molecule has 5 atom stereocenters. The van der Waals surface area contributed by atoms with Gasteiger partial charge in [0.05, 0.1) is 18.8 Å². The lowest BCUT2D eigenvalue weighted by molar-refractivity contribution is -0.0934. The van der Waals surface area contributed by atoms with Gasteiger partial charge in [0, 0.05) is 18.9 Å². The minimum atomic E-state index is -1.21. The molecule has 0 aliphatic carbocycles. The number of aliphatic hydroxyl groups is 1. The van der Waals surface area contributed by atoms with E-state index in [-0.39, 0.29) is 13.2 Å². The Bertz CT molecular complexity index is 1000. The first kappa shape index (κ1) is 22.9. The maximum Gasteiger partial charge on any atom is 0.338 e. The van der Waals surface area contributed by atoms with Gasteiger partial charge in [0.2, 0.25) is 0 Å². The highest BCUT2D eigenvalue weighted by Crippen LogP contribution is 2.33. The van der Waals surface area contributed by atoms with Crippen LogP contribution in [0.25, 0.3) is 0 Å². The summed E-state index contributed by atoms with van der Waals surface area (Å²) in [4.78, 5) is 38.7. The van der Waals surface area contributed by atoms with Crippen LogP contribution in [0, 0.1) is 6.92 Å². The van der Waals surface area contributed by atoms with Gasteiger partial charge in [-0.3, -0.25) is 14.3 Å². The number of aryl methyl sites for hydroxylation is 1. The molecule has 0 spiro atoms. The Labute approximate surface area is 178 Å². The number of ether oxygens (including phenoxy) is 4. The van der Waals surface area contributed by atoms with E-state index in [9.17, 15) is 19.5 Å². The molecule has 0 bridgehead atoms. The van der Waals surface area contributed by atoms with Crippen LogP contribution in [0.2, 0.25) is 0 Å². The van der Waals surface area contributed by atoms with Gasteiger partial charge >= 0.3 is 11.7 Å². The zero-order chi connectivity index (χ0) is 22.5. The molecule has 0 radical (unpaired) electrons. The minimum absolute atomic E-state index is 0.139. The molecule has 10 nitrogen and oxygen atoms in total. The van der Waals surface area contributed by atoms with Gasteiger partial charge in [-0.05, 0) is 26.0 Å². The van der Waals surface area contributed by atoms with Crippen molar-refractivity contribution in [3.8, 4) is 0 Å². The lowest BCUT2D eigenvalue weighted by Gasteiger charge is -2.23. The molecule has 31 heavy (non-hydrogen) atoms. The molecule has 1 aromatic carbocycles. The summed E-state index contributed by atoms with van der Waals surface area (Å²) in [5, 5.41) is 10.9. The Morgan fingerprint density at radius 2 is 1.97 bits per heavy atom. The largest absolute Gasteiger partial charge is 0.456 e. The maximum absolute atomic E-state index is 12.4. The van der Waals surface area contributed by atoms with Crippen molar-refractivity contribution in [1.82, 2.24) is 9.55 Å². The normalized spacial score (nSPS) is 24.1. The first-order valence-electron chi connectivity index (χ1n) is 9.85. The Morgan fingerprint density at radius 3 is 2.65 bits per heavy atom. The molecule has 2 heterocycles. The van der Waals surface area contributed by atoms with E-state index in [1.165, 1.54) is 13.3 Å². The number of hydrogen-bond donors (Lipinski definition) is 2. The van der Waals surface area contributed by atoms with E-state index in [1.807, 2.05) is 0 Å². The van der Waals surface area contributed by atoms with E-state index in [0.29, 0.717) is 11.1 Å². The second-order valence-electron chi connectivity index (χ2n) is 7.27. The number of H-pyrrole nitrogens is 1. The maximum atomic E-state index is 12.4. The number of esters is 1. The number of benzene rings is 1. The molecule has 0 amide bonds. The molecule has 168 valence electrons. The van der Waals surface area contributed by atoms with Crippen molar-refractivity contribution in [2.45, 2.75) is 44.5 Å². The highest BCUT2D eigenvalue weighted by molar-refractivity contribution is 5.89. The number of aromatic amines is 1. The number of methoxy groups -OCH3 is 1. The van der Waals surface area contributed by atoms with Crippen LogP contribution >= 0.6 is 0 Å². The summed E-state index contributed by atoms with van der Waals surface area (Å²) in [5.74, 6) is -0.568. The third-order valence-corrected chi connectivity index (χ3v) is 5.03. The van der Waals surface area contributed by atoms with Gasteiger partial charge in [-0.1, -0.05) is 18.2 Å². The zero-order valence-electron chi connectivity index (χ0n) is 17.5. The van der Waals surface area contributed by atoms with Crippen molar-refractivity contribution in [2.75, 3.05) is 20.3 Å². The van der Waals surface area contributed by atoms with Crippen LogP contribution in [0.1, 0.15) is 29.1 Å². The fourth-order valence-electron chi connectivity index (χ4n) is 3.39. The summed E-state index contributed by atoms with van der Waals surface area (Å²) < 4.78 is 23.3. The Balaban J connectivity index is 1.84. The molecule has 3 rings (SSSR count). The number of carbonyl (C=O) groups excluding carboxylic acids is 1. The summed E-state index contributed by atoms with van der Waals surface area (Å²) >= 11 is 0. The smallest absolute Gasteiger partial charge is 0.338 e. The van der Waals surface area contributed by atoms with Gasteiger partial charge < -0.3 is 24.1 Å². The quantitative estimate of drug-likeness (QED) is 0.451. The number of nitrogens with zero attached hydrogens (tertiary/aromatic N) is 1. The van der Waals surface area contributed by atoms with E-state index in [4.69, 9.17) is 18.9 Å². The molecular weight excluding hydrogens is 408 g/mol. The number of hydrogen-bond acceptors (Lipinski definition) is 8. The summed E-state index contributed by atoms with van der Waals surface area (Å²) in [6, 6.07) is 8.43. The second-order valence-corrected chi connectivity index (χ2v) is 7.27. The molecular formula is C21H26N2O8. The fraction of sp³-hybridized carbons (Fsp3) is 0.476. The van der Waals surface area contributed by atoms with E-state index >= 15 is 0 Å². The second kappa shape index (κ2) is 10.0. The zero-order valence-corrected chi connectivity index (χ0v) is 17.5. The molecule has 1 saturated heterocycles. The molecule has 1 unspecified atom stereocenters. The molecule has 1 aliphatic rings. The van der Waals surface area contributed by atoms with Crippen LogP contribution < -0.4 is 11.2 Å². The SMILES string of the molecule is COCCO[C@@H]1[C@H](O)C([C@@H](C)OC(=O)c2ccccc2)O[C@H]1n1cc(C)c(=O)[nH]c1=O. The minimum Gasteiger partial charge on any atom is -0.456 e. The van der Waals surface area contributed by atoms with Crippen molar-refractivity contribution >= 4 is 5.97 Å². The van der Waals surface area contributed by atoms with Gasteiger partial charge in [0.25, 0.3) is 5.56 Å². The summed E-state index contributed by atoms with van der Waals surface area (Å²) in [6.07, 6.45) is -3.68. The van der Waals surface area contributed by atoms with Crippen molar-refractivity contribution in [3.63, 3.8) is 0 Å². The van der Waals surface area contributed by atoms with E-state index in [0.717, 1.165) is 4.57 Å². The van der Waals surface area contributed by atoms with Gasteiger partial charge in [0.15, 0.2) is 6.23 Å². The fourth-order valence-corrected chi connectivity index (χ4v) is 3.39. The van der Waals surface area contributed by atoms with E-state index in [1.54, 1.807) is 44.2 Å². The van der Waals surface area contributed by atoms with E-state index < -0.39 is 47.9 Å². The lowest BCUT2D eigenvalue weighted by atomic mass is 10.1. The summed E-state index contributed by atoms with van der Waals surface area (Å²) in [6.45, 7) is 3.53. The average Bonchev–Trinajstić information content (AvgIpc) is 3.08. The molecule has 10 heteroatoms. The van der Waals surface area contributed by atoms with Crippen molar-refractivity contribution in [3.05, 3.63) is 68.5 Å². The topological polar surface area (TPSA) is 129 Å². The molecule has 1 fully saturated rings. The first-order chi connectivity index (χ1) is 14.8. The number of rotatable bonds is 8. The van der Waals surface area contributed by atoms with Crippen LogP contribution in [0.4, 0.5) is 0 Å². The van der Waals surface area contributed by atoms with Gasteiger partial charge in [-0.2, -0.15) is 0 Å². The predicted molar refractivity (Wildman–Crippen MR) is 109 cm³/mol. The standard InChI is InChI=1S/C21H26N2O8/c1-12-11-23(21(27)22-18(12)25)19-17(29-10-9-28-3)15(24)16(31-19)13(2)30-20(26)14-7-5-4-6-8-14/h4-8,11,13,15-17,19,24H,9-10H2,1-3H3,(H,22,25,27)/t13-,15-,16?,17-,19-/m1/s1. The Hall–Kier alpha value is -2.79. The van der Waals surface area contributed by atoms with E-state index in [2.05, 4.69) is 4.98 Å². The van der Waals surface area contributed by atoms with Gasteiger partial charge in [0.1, 0.15) is 24.4 Å². The van der Waals surface area contributed by atoms with Crippen LogP contribution in [-0.4, -0.2) is 65.4 Å². The summed E-state index contributed by atoms with van der Waals surface area (Å²) in [5.41, 5.74) is -0.569. The van der Waals surface area contributed by atoms with Crippen molar-refractivity contribution < 1.29 is 28.8 Å². The third-order valence-electron chi connectivity index (χ3n) is 5.03. The molecule has 0 saturated carbocycles. The number of aliphatic hydroxyl groups excluding tert-OH is 1. The number of aromatic nitrogens is 2. The van der Waals surface area contributed by atoms with Crippen LogP contribution in [0.3, 0.4) is 0 Å². The van der Waals surface area contributed by atoms with Crippen LogP contribution in [0.5, 0.6) is 0 Å². The highest BCUT2D eigenvalue weighted by atomic mass is 16.6. The van der Waals surface area contributed by atoms with Gasteiger partial charge in [-0.15, -0.1) is 0 Å². The highest BCUT2D eigenvalue weighted by Gasteiger charge is 2.49. The van der Waals surface area contributed by atoms with Crippen molar-refractivity contribution in [1.29, 1.82) is 0 Å². The molecule has 1 aromatic heterocycles. The molecule has 2 aromatic rings. The third kappa shape index (κ3) is 5.10. The summed E-state index contributed by atoms with van der Waals surface area (Å²) in [7, 11) is 1.51. The Kier molecular flexibility index (Phi) is 7.39. The van der Waals surface area contributed by atoms with Gasteiger partial charge in [-0.25, -0.2) is 9.59 Å². The lowest BCUT2D eigenvalue weighted by Crippen LogP contribution is -2.42. The van der Waals surface area contributed by atoms with Crippen molar-refractivity contribution in [2.24, 2.45) is 0 Å². The number of nitrogens with one attached hydrogen (secondary N) is 1. The molecule has 1 aliphatic heterocycles. The van der Waals surface area contributed by atoms with Crippen LogP contribution in [-0.2, 0) is 18.9 Å². The predicted octanol–water partition coefficient (Wildman–Crippen LogP) is 0.380. The first-order valence-corrected chi connectivity index (χ1v) is 9.85.